The Hall–Kier alpha value is -1.25. The highest BCUT2D eigenvalue weighted by Crippen LogP contribution is 2.70. The molecule has 1 fully saturated rings. The first-order valence-corrected chi connectivity index (χ1v) is 6.37. The maximum absolute atomic E-state index is 11.8. The van der Waals surface area contributed by atoms with Crippen LogP contribution >= 0.6 is 0 Å². The molecule has 0 spiro atoms. The number of carbonyl (C=O) groups is 1. The van der Waals surface area contributed by atoms with E-state index in [1.165, 1.54) is 11.3 Å². The van der Waals surface area contributed by atoms with Crippen molar-refractivity contribution in [3.63, 3.8) is 0 Å². The Kier molecular flexibility index (Phi) is 2.02. The molecule has 0 saturated heterocycles. The Labute approximate surface area is 102 Å². The highest BCUT2D eigenvalue weighted by molar-refractivity contribution is 5.90. The van der Waals surface area contributed by atoms with Crippen LogP contribution in [0.5, 0.6) is 0 Å². The van der Waals surface area contributed by atoms with Crippen molar-refractivity contribution in [1.82, 2.24) is 4.98 Å². The van der Waals surface area contributed by atoms with Gasteiger partial charge >= 0.3 is 5.97 Å². The molecule has 0 radical (unpaired) electrons. The molecule has 1 heterocycles. The molecule has 0 aromatic carbocycles. The van der Waals surface area contributed by atoms with Crippen LogP contribution in [0, 0.1) is 18.3 Å². The van der Waals surface area contributed by atoms with Crippen LogP contribution in [-0.4, -0.2) is 17.6 Å². The van der Waals surface area contributed by atoms with Gasteiger partial charge in [-0.2, -0.15) is 0 Å². The highest BCUT2D eigenvalue weighted by Gasteiger charge is 2.63. The summed E-state index contributed by atoms with van der Waals surface area (Å²) >= 11 is 0. The second kappa shape index (κ2) is 3.15. The van der Waals surface area contributed by atoms with E-state index in [1.54, 1.807) is 0 Å². The molecule has 17 heavy (non-hydrogen) atoms. The predicted molar refractivity (Wildman–Crippen MR) is 65.2 cm³/mol. The fraction of sp³-hybridized carbons (Fsp3) is 0.643. The first-order valence-electron chi connectivity index (χ1n) is 6.37. The third-order valence-electron chi connectivity index (χ3n) is 4.65. The molecule has 0 aliphatic heterocycles. The zero-order chi connectivity index (χ0) is 12.4. The molecular formula is C14H19NO2. The summed E-state index contributed by atoms with van der Waals surface area (Å²) in [4.78, 5) is 15.1. The fourth-order valence-electron chi connectivity index (χ4n) is 3.58. The van der Waals surface area contributed by atoms with Gasteiger partial charge in [0.05, 0.1) is 6.61 Å². The van der Waals surface area contributed by atoms with Crippen LogP contribution in [0.15, 0.2) is 0 Å². The number of carbonyl (C=O) groups excluding carboxylic acids is 1. The van der Waals surface area contributed by atoms with E-state index in [2.05, 4.69) is 18.8 Å². The lowest BCUT2D eigenvalue weighted by Crippen LogP contribution is -2.07. The Morgan fingerprint density at radius 1 is 1.53 bits per heavy atom. The number of aromatic amines is 1. The van der Waals surface area contributed by atoms with Crippen molar-refractivity contribution in [1.29, 1.82) is 0 Å². The second-order valence-electron chi connectivity index (χ2n) is 5.85. The molecular weight excluding hydrogens is 214 g/mol. The summed E-state index contributed by atoms with van der Waals surface area (Å²) < 4.78 is 5.08. The molecule has 0 amide bonds. The van der Waals surface area contributed by atoms with Crippen LogP contribution in [-0.2, 0) is 11.2 Å². The van der Waals surface area contributed by atoms with E-state index in [4.69, 9.17) is 4.74 Å². The lowest BCUT2D eigenvalue weighted by Gasteiger charge is -2.07. The molecule has 3 nitrogen and oxygen atoms in total. The zero-order valence-electron chi connectivity index (χ0n) is 10.9. The van der Waals surface area contributed by atoms with Gasteiger partial charge in [-0.3, -0.25) is 0 Å². The summed E-state index contributed by atoms with van der Waals surface area (Å²) in [6, 6.07) is 0. The van der Waals surface area contributed by atoms with Crippen molar-refractivity contribution >= 4 is 5.97 Å². The predicted octanol–water partition coefficient (Wildman–Crippen LogP) is 2.80. The molecule has 1 saturated carbocycles. The average molecular weight is 233 g/mol. The van der Waals surface area contributed by atoms with E-state index in [9.17, 15) is 4.79 Å². The van der Waals surface area contributed by atoms with E-state index >= 15 is 0 Å². The summed E-state index contributed by atoms with van der Waals surface area (Å²) in [5.74, 6) is 1.21. The molecule has 0 unspecified atom stereocenters. The first kappa shape index (κ1) is 10.9. The van der Waals surface area contributed by atoms with Crippen molar-refractivity contribution in [2.24, 2.45) is 11.3 Å². The van der Waals surface area contributed by atoms with Crippen LogP contribution < -0.4 is 0 Å². The van der Waals surface area contributed by atoms with Gasteiger partial charge in [-0.25, -0.2) is 4.79 Å². The minimum absolute atomic E-state index is 0.214. The van der Waals surface area contributed by atoms with Crippen molar-refractivity contribution in [2.75, 3.05) is 6.61 Å². The third kappa shape index (κ3) is 1.25. The maximum atomic E-state index is 11.8. The molecule has 2 aliphatic rings. The molecule has 2 atom stereocenters. The standard InChI is InChI=1S/C14H19NO2/c1-5-17-13(16)12-7(2)10-9(15-12)6-8-11(10)14(8,3)4/h8,11,15H,5-6H2,1-4H3/t8-,11-/m1/s1. The van der Waals surface area contributed by atoms with Gasteiger partial charge in [-0.1, -0.05) is 13.8 Å². The zero-order valence-corrected chi connectivity index (χ0v) is 10.9. The highest BCUT2D eigenvalue weighted by atomic mass is 16.5. The summed E-state index contributed by atoms with van der Waals surface area (Å²) in [7, 11) is 0. The summed E-state index contributed by atoms with van der Waals surface area (Å²) in [5, 5.41) is 0. The van der Waals surface area contributed by atoms with Crippen LogP contribution in [0.25, 0.3) is 0 Å². The largest absolute Gasteiger partial charge is 0.461 e. The number of esters is 1. The SMILES string of the molecule is CCOC(=O)c1[nH]c2c(c1C)[C@H]1[C@@H](C2)C1(C)C. The van der Waals surface area contributed by atoms with Crippen LogP contribution in [0.3, 0.4) is 0 Å². The van der Waals surface area contributed by atoms with Crippen molar-refractivity contribution in [3.05, 3.63) is 22.5 Å². The molecule has 3 heteroatoms. The molecule has 1 N–H and O–H groups in total. The van der Waals surface area contributed by atoms with Crippen molar-refractivity contribution in [2.45, 2.75) is 40.0 Å². The van der Waals surface area contributed by atoms with Gasteiger partial charge < -0.3 is 9.72 Å². The maximum Gasteiger partial charge on any atom is 0.355 e. The van der Waals surface area contributed by atoms with Gasteiger partial charge in [0.15, 0.2) is 0 Å². The van der Waals surface area contributed by atoms with E-state index in [0.29, 0.717) is 23.6 Å². The normalized spacial score (nSPS) is 27.5. The van der Waals surface area contributed by atoms with E-state index in [1.807, 2.05) is 13.8 Å². The minimum atomic E-state index is -0.214. The molecule has 92 valence electrons. The van der Waals surface area contributed by atoms with Crippen LogP contribution in [0.1, 0.15) is 54.0 Å². The molecule has 1 aromatic rings. The molecule has 0 bridgehead atoms. The Balaban J connectivity index is 1.98. The monoisotopic (exact) mass is 233 g/mol. The average Bonchev–Trinajstić information content (AvgIpc) is 2.65. The lowest BCUT2D eigenvalue weighted by atomic mass is 9.97. The number of rotatable bonds is 2. The van der Waals surface area contributed by atoms with Crippen LogP contribution in [0.4, 0.5) is 0 Å². The van der Waals surface area contributed by atoms with Gasteiger partial charge in [0, 0.05) is 5.69 Å². The smallest absolute Gasteiger partial charge is 0.355 e. The molecule has 3 rings (SSSR count). The number of H-pyrrole nitrogens is 1. The number of hydrogen-bond acceptors (Lipinski definition) is 2. The Morgan fingerprint density at radius 2 is 2.24 bits per heavy atom. The summed E-state index contributed by atoms with van der Waals surface area (Å²) in [5.41, 5.74) is 4.85. The van der Waals surface area contributed by atoms with E-state index < -0.39 is 0 Å². The summed E-state index contributed by atoms with van der Waals surface area (Å²) in [6.07, 6.45) is 1.09. The molecule has 1 aromatic heterocycles. The molecule has 2 aliphatic carbocycles. The number of fused-ring (bicyclic) bond motifs is 3. The Bertz CT molecular complexity index is 499. The Morgan fingerprint density at radius 3 is 2.88 bits per heavy atom. The quantitative estimate of drug-likeness (QED) is 0.798. The minimum Gasteiger partial charge on any atom is -0.461 e. The topological polar surface area (TPSA) is 42.1 Å². The number of hydrogen-bond donors (Lipinski definition) is 1. The van der Waals surface area contributed by atoms with E-state index in [-0.39, 0.29) is 5.97 Å². The van der Waals surface area contributed by atoms with Gasteiger partial charge in [-0.05, 0) is 48.6 Å². The van der Waals surface area contributed by atoms with Crippen LogP contribution in [0.2, 0.25) is 0 Å². The number of nitrogens with one attached hydrogen (secondary N) is 1. The third-order valence-corrected chi connectivity index (χ3v) is 4.65. The van der Waals surface area contributed by atoms with E-state index in [0.717, 1.165) is 17.9 Å². The van der Waals surface area contributed by atoms with Gasteiger partial charge in [0.2, 0.25) is 0 Å². The summed E-state index contributed by atoms with van der Waals surface area (Å²) in [6.45, 7) is 8.95. The number of aromatic nitrogens is 1. The van der Waals surface area contributed by atoms with Gasteiger partial charge in [0.1, 0.15) is 5.69 Å². The van der Waals surface area contributed by atoms with Gasteiger partial charge in [0.25, 0.3) is 0 Å². The fourth-order valence-corrected chi connectivity index (χ4v) is 3.58. The lowest BCUT2D eigenvalue weighted by molar-refractivity contribution is 0.0519. The van der Waals surface area contributed by atoms with Gasteiger partial charge in [-0.15, -0.1) is 0 Å². The first-order chi connectivity index (χ1) is 7.98. The van der Waals surface area contributed by atoms with Crippen molar-refractivity contribution in [3.8, 4) is 0 Å². The van der Waals surface area contributed by atoms with Crippen molar-refractivity contribution < 1.29 is 9.53 Å². The number of ether oxygens (including phenoxy) is 1. The second-order valence-corrected chi connectivity index (χ2v) is 5.85.